The van der Waals surface area contributed by atoms with Crippen LogP contribution in [0.4, 0.5) is 0 Å². The van der Waals surface area contributed by atoms with Crippen molar-refractivity contribution < 1.29 is 4.79 Å². The lowest BCUT2D eigenvalue weighted by Gasteiger charge is -2.32. The van der Waals surface area contributed by atoms with Crippen LogP contribution in [0.15, 0.2) is 12.7 Å². The van der Waals surface area contributed by atoms with E-state index in [2.05, 4.69) is 19.6 Å². The second-order valence-corrected chi connectivity index (χ2v) is 5.78. The second kappa shape index (κ2) is 5.65. The third-order valence-electron chi connectivity index (χ3n) is 4.39. The molecule has 92 valence electrons. The van der Waals surface area contributed by atoms with Gasteiger partial charge < -0.3 is 4.79 Å². The highest BCUT2D eigenvalue weighted by molar-refractivity contribution is 5.74. The van der Waals surface area contributed by atoms with Crippen molar-refractivity contribution in [3.8, 4) is 0 Å². The van der Waals surface area contributed by atoms with E-state index in [1.54, 1.807) is 6.92 Å². The zero-order valence-corrected chi connectivity index (χ0v) is 11.1. The SMILES string of the molecule is C=CCC1(C)CC2CCC1C2.CCC(C)=O. The van der Waals surface area contributed by atoms with Gasteiger partial charge in [0.2, 0.25) is 0 Å². The molecule has 3 unspecified atom stereocenters. The number of hydrogen-bond acceptors (Lipinski definition) is 1. The van der Waals surface area contributed by atoms with E-state index in [1.807, 2.05) is 6.92 Å². The van der Waals surface area contributed by atoms with Gasteiger partial charge in [0.1, 0.15) is 5.78 Å². The highest BCUT2D eigenvalue weighted by atomic mass is 16.1. The zero-order valence-electron chi connectivity index (χ0n) is 11.1. The molecular weight excluding hydrogens is 196 g/mol. The molecule has 0 aromatic rings. The minimum absolute atomic E-state index is 0.255. The van der Waals surface area contributed by atoms with Crippen molar-refractivity contribution in [2.75, 3.05) is 0 Å². The van der Waals surface area contributed by atoms with E-state index in [-0.39, 0.29) is 5.78 Å². The fourth-order valence-corrected chi connectivity index (χ4v) is 3.30. The molecule has 0 aromatic carbocycles. The average Bonchev–Trinajstić information content (AvgIpc) is 2.78. The lowest BCUT2D eigenvalue weighted by molar-refractivity contribution is -0.116. The number of fused-ring (bicyclic) bond motifs is 2. The lowest BCUT2D eigenvalue weighted by atomic mass is 9.72. The molecule has 2 aliphatic rings. The fourth-order valence-electron chi connectivity index (χ4n) is 3.30. The molecule has 0 amide bonds. The molecule has 2 saturated carbocycles. The molecule has 0 aromatic heterocycles. The Hall–Kier alpha value is -0.590. The molecule has 2 fully saturated rings. The fraction of sp³-hybridized carbons (Fsp3) is 0.800. The molecule has 2 rings (SSSR count). The molecule has 0 aliphatic heterocycles. The molecule has 1 heteroatoms. The van der Waals surface area contributed by atoms with E-state index in [1.165, 1.54) is 32.1 Å². The van der Waals surface area contributed by atoms with Gasteiger partial charge in [-0.1, -0.05) is 26.3 Å². The maximum atomic E-state index is 9.81. The molecule has 3 atom stereocenters. The van der Waals surface area contributed by atoms with Gasteiger partial charge in [-0.15, -0.1) is 6.58 Å². The van der Waals surface area contributed by atoms with Crippen LogP contribution in [0.2, 0.25) is 0 Å². The van der Waals surface area contributed by atoms with Gasteiger partial charge in [-0.25, -0.2) is 0 Å². The van der Waals surface area contributed by atoms with Gasteiger partial charge in [-0.05, 0) is 49.9 Å². The number of allylic oxidation sites excluding steroid dienone is 1. The van der Waals surface area contributed by atoms with Crippen LogP contribution in [0.1, 0.15) is 59.3 Å². The lowest BCUT2D eigenvalue weighted by Crippen LogP contribution is -2.22. The van der Waals surface area contributed by atoms with Crippen LogP contribution >= 0.6 is 0 Å². The molecule has 2 aliphatic carbocycles. The van der Waals surface area contributed by atoms with E-state index in [4.69, 9.17) is 0 Å². The van der Waals surface area contributed by atoms with E-state index in [9.17, 15) is 4.79 Å². The van der Waals surface area contributed by atoms with Crippen LogP contribution < -0.4 is 0 Å². The largest absolute Gasteiger partial charge is 0.300 e. The molecule has 0 radical (unpaired) electrons. The molecular formula is C15H26O. The Morgan fingerprint density at radius 2 is 2.12 bits per heavy atom. The number of hydrogen-bond donors (Lipinski definition) is 0. The highest BCUT2D eigenvalue weighted by Gasteiger charge is 2.46. The minimum Gasteiger partial charge on any atom is -0.300 e. The summed E-state index contributed by atoms with van der Waals surface area (Å²) in [5, 5.41) is 0. The molecule has 2 bridgehead atoms. The van der Waals surface area contributed by atoms with Crippen LogP contribution in [0.3, 0.4) is 0 Å². The maximum absolute atomic E-state index is 9.81. The van der Waals surface area contributed by atoms with Crippen LogP contribution in [0, 0.1) is 17.3 Å². The number of rotatable bonds is 3. The summed E-state index contributed by atoms with van der Waals surface area (Å²) in [4.78, 5) is 9.81. The molecule has 0 heterocycles. The highest BCUT2D eigenvalue weighted by Crippen LogP contribution is 2.57. The van der Waals surface area contributed by atoms with E-state index < -0.39 is 0 Å². The summed E-state index contributed by atoms with van der Waals surface area (Å²) in [6.45, 7) is 9.74. The summed E-state index contributed by atoms with van der Waals surface area (Å²) in [6, 6.07) is 0. The molecule has 16 heavy (non-hydrogen) atoms. The third-order valence-corrected chi connectivity index (χ3v) is 4.39. The van der Waals surface area contributed by atoms with Crippen LogP contribution in [0.5, 0.6) is 0 Å². The predicted octanol–water partition coefficient (Wildman–Crippen LogP) is 4.37. The summed E-state index contributed by atoms with van der Waals surface area (Å²) >= 11 is 0. The normalized spacial score (nSPS) is 35.4. The Morgan fingerprint density at radius 3 is 2.44 bits per heavy atom. The van der Waals surface area contributed by atoms with Crippen LogP contribution in [-0.4, -0.2) is 5.78 Å². The van der Waals surface area contributed by atoms with Crippen molar-refractivity contribution >= 4 is 5.78 Å². The van der Waals surface area contributed by atoms with Gasteiger partial charge in [0.25, 0.3) is 0 Å². The molecule has 1 nitrogen and oxygen atoms in total. The van der Waals surface area contributed by atoms with E-state index in [0.717, 1.165) is 11.8 Å². The first-order chi connectivity index (χ1) is 7.51. The van der Waals surface area contributed by atoms with Gasteiger partial charge in [0.05, 0.1) is 0 Å². The van der Waals surface area contributed by atoms with Crippen molar-refractivity contribution in [1.29, 1.82) is 0 Å². The van der Waals surface area contributed by atoms with Gasteiger partial charge in [0.15, 0.2) is 0 Å². The molecule has 0 spiro atoms. The van der Waals surface area contributed by atoms with E-state index >= 15 is 0 Å². The number of ketones is 1. The van der Waals surface area contributed by atoms with Gasteiger partial charge >= 0.3 is 0 Å². The third kappa shape index (κ3) is 3.20. The Kier molecular flexibility index (Phi) is 4.76. The Labute approximate surface area is 100 Å². The van der Waals surface area contributed by atoms with Crippen molar-refractivity contribution in [3.63, 3.8) is 0 Å². The van der Waals surface area contributed by atoms with Crippen LogP contribution in [-0.2, 0) is 4.79 Å². The summed E-state index contributed by atoms with van der Waals surface area (Å²) in [5.41, 5.74) is 0.644. The monoisotopic (exact) mass is 222 g/mol. The Balaban J connectivity index is 0.000000221. The smallest absolute Gasteiger partial charge is 0.129 e. The molecule has 0 N–H and O–H groups in total. The van der Waals surface area contributed by atoms with Crippen molar-refractivity contribution in [1.82, 2.24) is 0 Å². The molecule has 0 saturated heterocycles. The van der Waals surface area contributed by atoms with Crippen molar-refractivity contribution in [2.45, 2.75) is 59.3 Å². The predicted molar refractivity (Wildman–Crippen MR) is 69.3 cm³/mol. The van der Waals surface area contributed by atoms with Crippen molar-refractivity contribution in [3.05, 3.63) is 12.7 Å². The van der Waals surface area contributed by atoms with Crippen LogP contribution in [0.25, 0.3) is 0 Å². The maximum Gasteiger partial charge on any atom is 0.129 e. The topological polar surface area (TPSA) is 17.1 Å². The number of Topliss-reactive ketones (excluding diaryl/α,β-unsaturated/α-hetero) is 1. The summed E-state index contributed by atoms with van der Waals surface area (Å²) in [5.74, 6) is 2.36. The zero-order chi connectivity index (χ0) is 12.2. The Morgan fingerprint density at radius 1 is 1.50 bits per heavy atom. The number of carbonyl (C=O) groups is 1. The summed E-state index contributed by atoms with van der Waals surface area (Å²) < 4.78 is 0. The van der Waals surface area contributed by atoms with Gasteiger partial charge in [-0.3, -0.25) is 0 Å². The standard InChI is InChI=1S/C11H18.C4H8O/c1-3-6-11(2)8-9-4-5-10(11)7-9;1-3-4(2)5/h3,9-10H,1,4-8H2,2H3;3H2,1-2H3. The minimum atomic E-state index is 0.255. The Bertz CT molecular complexity index is 256. The van der Waals surface area contributed by atoms with Gasteiger partial charge in [0, 0.05) is 6.42 Å². The first-order valence-electron chi connectivity index (χ1n) is 6.62. The van der Waals surface area contributed by atoms with E-state index in [0.29, 0.717) is 11.8 Å². The first kappa shape index (κ1) is 13.5. The quantitative estimate of drug-likeness (QED) is 0.648. The summed E-state index contributed by atoms with van der Waals surface area (Å²) in [7, 11) is 0. The summed E-state index contributed by atoms with van der Waals surface area (Å²) in [6.07, 6.45) is 10.0. The second-order valence-electron chi connectivity index (χ2n) is 5.78. The first-order valence-corrected chi connectivity index (χ1v) is 6.62. The number of carbonyl (C=O) groups excluding carboxylic acids is 1. The average molecular weight is 222 g/mol. The van der Waals surface area contributed by atoms with Gasteiger partial charge in [-0.2, -0.15) is 0 Å². The van der Waals surface area contributed by atoms with Crippen molar-refractivity contribution in [2.24, 2.45) is 17.3 Å².